The van der Waals surface area contributed by atoms with Crippen molar-refractivity contribution < 1.29 is 0 Å². The second-order valence-corrected chi connectivity index (χ2v) is 5.30. The van der Waals surface area contributed by atoms with E-state index in [1.54, 1.807) is 0 Å². The lowest BCUT2D eigenvalue weighted by Crippen LogP contribution is -1.97. The first-order chi connectivity index (χ1) is 11.4. The molecule has 0 amide bonds. The Morgan fingerprint density at radius 1 is 0.609 bits per heavy atom. The zero-order chi connectivity index (χ0) is 15.5. The summed E-state index contributed by atoms with van der Waals surface area (Å²) in [7, 11) is 0. The lowest BCUT2D eigenvalue weighted by molar-refractivity contribution is 0.805. The Balaban J connectivity index is 1.79. The van der Waals surface area contributed by atoms with Gasteiger partial charge in [-0.15, -0.1) is 5.10 Å². The predicted octanol–water partition coefficient (Wildman–Crippen LogP) is 4.60. The second kappa shape index (κ2) is 5.89. The first-order valence-electron chi connectivity index (χ1n) is 7.54. The van der Waals surface area contributed by atoms with Gasteiger partial charge in [-0.25, -0.2) is 4.68 Å². The van der Waals surface area contributed by atoms with Gasteiger partial charge in [0.25, 0.3) is 0 Å². The molecule has 0 radical (unpaired) electrons. The summed E-state index contributed by atoms with van der Waals surface area (Å²) in [4.78, 5) is 0. The number of benzene rings is 3. The van der Waals surface area contributed by atoms with Gasteiger partial charge in [0.15, 0.2) is 0 Å². The third-order valence-electron chi connectivity index (χ3n) is 3.80. The molecule has 0 aliphatic carbocycles. The van der Waals surface area contributed by atoms with Crippen LogP contribution >= 0.6 is 0 Å². The molecule has 3 nitrogen and oxygen atoms in total. The van der Waals surface area contributed by atoms with Gasteiger partial charge in [-0.1, -0.05) is 84.1 Å². The fourth-order valence-corrected chi connectivity index (χ4v) is 2.66. The highest BCUT2D eigenvalue weighted by Gasteiger charge is 2.09. The van der Waals surface area contributed by atoms with Crippen molar-refractivity contribution in [1.29, 1.82) is 0 Å². The maximum Gasteiger partial charge on any atom is 0.113 e. The molecule has 0 aliphatic rings. The van der Waals surface area contributed by atoms with Crippen LogP contribution in [0.15, 0.2) is 91.1 Å². The van der Waals surface area contributed by atoms with E-state index in [0.29, 0.717) is 0 Å². The molecule has 0 atom stereocenters. The highest BCUT2D eigenvalue weighted by Crippen LogP contribution is 2.27. The summed E-state index contributed by atoms with van der Waals surface area (Å²) in [5.74, 6) is 0. The average Bonchev–Trinajstić information content (AvgIpc) is 3.13. The summed E-state index contributed by atoms with van der Waals surface area (Å²) < 4.78 is 1.84. The average molecular weight is 297 g/mol. The molecule has 0 N–H and O–H groups in total. The van der Waals surface area contributed by atoms with Crippen LogP contribution < -0.4 is 0 Å². The first-order valence-corrected chi connectivity index (χ1v) is 7.54. The minimum Gasteiger partial charge on any atom is -0.219 e. The molecule has 4 rings (SSSR count). The Bertz CT molecular complexity index is 912. The van der Waals surface area contributed by atoms with E-state index in [1.165, 1.54) is 5.56 Å². The molecule has 0 saturated carbocycles. The van der Waals surface area contributed by atoms with Gasteiger partial charge in [-0.3, -0.25) is 0 Å². The van der Waals surface area contributed by atoms with E-state index >= 15 is 0 Å². The summed E-state index contributed by atoms with van der Waals surface area (Å²) in [5, 5.41) is 8.63. The maximum absolute atomic E-state index is 4.32. The fraction of sp³-hybridized carbons (Fsp3) is 0. The minimum absolute atomic E-state index is 0.869. The molecule has 1 aromatic heterocycles. The molecule has 110 valence electrons. The minimum atomic E-state index is 0.869. The smallest absolute Gasteiger partial charge is 0.113 e. The number of hydrogen-bond acceptors (Lipinski definition) is 2. The molecular weight excluding hydrogens is 282 g/mol. The number of para-hydroxylation sites is 1. The predicted molar refractivity (Wildman–Crippen MR) is 92.2 cm³/mol. The van der Waals surface area contributed by atoms with Crippen molar-refractivity contribution in [2.75, 3.05) is 0 Å². The molecule has 4 aromatic rings. The summed E-state index contributed by atoms with van der Waals surface area (Å²) in [6.45, 7) is 0. The Labute approximate surface area is 134 Å². The van der Waals surface area contributed by atoms with Crippen molar-refractivity contribution in [2.45, 2.75) is 0 Å². The summed E-state index contributed by atoms with van der Waals surface area (Å²) in [5.41, 5.74) is 5.26. The topological polar surface area (TPSA) is 30.7 Å². The van der Waals surface area contributed by atoms with Crippen LogP contribution in [0.3, 0.4) is 0 Å². The normalized spacial score (nSPS) is 10.6. The Hall–Kier alpha value is -3.20. The van der Waals surface area contributed by atoms with Crippen molar-refractivity contribution in [2.24, 2.45) is 0 Å². The van der Waals surface area contributed by atoms with E-state index in [0.717, 1.165) is 22.5 Å². The molecule has 0 bridgehead atoms. The molecule has 23 heavy (non-hydrogen) atoms. The zero-order valence-corrected chi connectivity index (χ0v) is 12.5. The largest absolute Gasteiger partial charge is 0.219 e. The monoisotopic (exact) mass is 297 g/mol. The van der Waals surface area contributed by atoms with Crippen LogP contribution in [0.5, 0.6) is 0 Å². The Morgan fingerprint density at radius 3 is 1.96 bits per heavy atom. The number of hydrogen-bond donors (Lipinski definition) is 0. The molecule has 3 heteroatoms. The van der Waals surface area contributed by atoms with E-state index in [9.17, 15) is 0 Å². The van der Waals surface area contributed by atoms with Crippen LogP contribution in [0, 0.1) is 0 Å². The van der Waals surface area contributed by atoms with Crippen molar-refractivity contribution in [3.63, 3.8) is 0 Å². The van der Waals surface area contributed by atoms with Gasteiger partial charge in [0.05, 0.1) is 11.9 Å². The van der Waals surface area contributed by atoms with Crippen LogP contribution in [0.1, 0.15) is 0 Å². The van der Waals surface area contributed by atoms with Gasteiger partial charge in [0.2, 0.25) is 0 Å². The van der Waals surface area contributed by atoms with Crippen LogP contribution in [0.2, 0.25) is 0 Å². The van der Waals surface area contributed by atoms with Crippen LogP contribution in [0.4, 0.5) is 0 Å². The van der Waals surface area contributed by atoms with E-state index in [4.69, 9.17) is 0 Å². The summed E-state index contributed by atoms with van der Waals surface area (Å²) in [6, 6.07) is 28.6. The van der Waals surface area contributed by atoms with Gasteiger partial charge in [-0.2, -0.15) is 0 Å². The molecule has 0 unspecified atom stereocenters. The lowest BCUT2D eigenvalue weighted by Gasteiger charge is -2.08. The Kier molecular flexibility index (Phi) is 3.45. The summed E-state index contributed by atoms with van der Waals surface area (Å²) >= 11 is 0. The number of aromatic nitrogens is 3. The van der Waals surface area contributed by atoms with Gasteiger partial charge in [0, 0.05) is 11.1 Å². The standard InChI is InChI=1S/C20H15N3/c1-3-9-16(10-4-1)18-13-7-8-14-20(18)23-15-19(21-22-23)17-11-5-2-6-12-17/h1-15H. The molecule has 0 saturated heterocycles. The number of rotatable bonds is 3. The molecule has 0 spiro atoms. The fourth-order valence-electron chi connectivity index (χ4n) is 2.66. The van der Waals surface area contributed by atoms with Crippen LogP contribution in [-0.4, -0.2) is 15.0 Å². The Morgan fingerprint density at radius 2 is 1.22 bits per heavy atom. The van der Waals surface area contributed by atoms with Gasteiger partial charge in [-0.05, 0) is 11.6 Å². The highest BCUT2D eigenvalue weighted by atomic mass is 15.4. The second-order valence-electron chi connectivity index (χ2n) is 5.30. The van der Waals surface area contributed by atoms with Crippen LogP contribution in [0.25, 0.3) is 28.1 Å². The zero-order valence-electron chi connectivity index (χ0n) is 12.5. The van der Waals surface area contributed by atoms with Crippen molar-refractivity contribution in [3.8, 4) is 28.1 Å². The van der Waals surface area contributed by atoms with Crippen molar-refractivity contribution in [3.05, 3.63) is 91.1 Å². The molecule has 3 aromatic carbocycles. The maximum atomic E-state index is 4.32. The third-order valence-corrected chi connectivity index (χ3v) is 3.80. The van der Waals surface area contributed by atoms with Crippen molar-refractivity contribution >= 4 is 0 Å². The van der Waals surface area contributed by atoms with Gasteiger partial charge in [0.1, 0.15) is 5.69 Å². The van der Waals surface area contributed by atoms with Crippen molar-refractivity contribution in [1.82, 2.24) is 15.0 Å². The third kappa shape index (κ3) is 2.64. The van der Waals surface area contributed by atoms with Crippen LogP contribution in [-0.2, 0) is 0 Å². The molecular formula is C20H15N3. The van der Waals surface area contributed by atoms with E-state index in [1.807, 2.05) is 71.5 Å². The van der Waals surface area contributed by atoms with Gasteiger partial charge >= 0.3 is 0 Å². The molecule has 0 fully saturated rings. The quantitative estimate of drug-likeness (QED) is 0.553. The van der Waals surface area contributed by atoms with E-state index < -0.39 is 0 Å². The van der Waals surface area contributed by atoms with Gasteiger partial charge < -0.3 is 0 Å². The lowest BCUT2D eigenvalue weighted by atomic mass is 10.0. The first kappa shape index (κ1) is 13.5. The molecule has 1 heterocycles. The van der Waals surface area contributed by atoms with E-state index in [2.05, 4.69) is 34.6 Å². The summed E-state index contributed by atoms with van der Waals surface area (Å²) in [6.07, 6.45) is 1.97. The SMILES string of the molecule is c1ccc(-c2cn(-c3ccccc3-c3ccccc3)nn2)cc1. The highest BCUT2D eigenvalue weighted by molar-refractivity contribution is 5.73. The number of nitrogens with zero attached hydrogens (tertiary/aromatic N) is 3. The molecule has 0 aliphatic heterocycles. The van der Waals surface area contributed by atoms with E-state index in [-0.39, 0.29) is 0 Å².